The number of likely N-dealkylation sites (tertiary alicyclic amines) is 1. The van der Waals surface area contributed by atoms with Gasteiger partial charge >= 0.3 is 6.03 Å². The minimum atomic E-state index is -0.0914. The molecule has 0 aliphatic carbocycles. The molecule has 27 heavy (non-hydrogen) atoms. The number of carbonyl (C=O) groups is 1. The van der Waals surface area contributed by atoms with Crippen molar-refractivity contribution in [3.8, 4) is 11.5 Å². The first-order valence-electron chi connectivity index (χ1n) is 8.75. The first-order chi connectivity index (χ1) is 13.2. The van der Waals surface area contributed by atoms with Crippen molar-refractivity contribution in [3.05, 3.63) is 59.0 Å². The fourth-order valence-electron chi connectivity index (χ4n) is 3.10. The summed E-state index contributed by atoms with van der Waals surface area (Å²) in [6.45, 7) is 1.29. The molecule has 1 N–H and O–H groups in total. The molecular formula is C19H18BrN5O2. The molecule has 0 spiro atoms. The molecule has 7 nitrogen and oxygen atoms in total. The normalized spacial score (nSPS) is 14.9. The Morgan fingerprint density at radius 1 is 1.19 bits per heavy atom. The van der Waals surface area contributed by atoms with E-state index in [9.17, 15) is 4.79 Å². The van der Waals surface area contributed by atoms with Gasteiger partial charge in [0.1, 0.15) is 5.69 Å². The number of aromatic nitrogens is 3. The second-order valence-corrected chi connectivity index (χ2v) is 7.29. The second kappa shape index (κ2) is 7.87. The number of urea groups is 1. The third-order valence-electron chi connectivity index (χ3n) is 4.54. The molecule has 1 aromatic carbocycles. The zero-order chi connectivity index (χ0) is 18.6. The van der Waals surface area contributed by atoms with E-state index in [0.717, 1.165) is 23.0 Å². The van der Waals surface area contributed by atoms with Crippen molar-refractivity contribution >= 4 is 27.6 Å². The summed E-state index contributed by atoms with van der Waals surface area (Å²) in [4.78, 5) is 23.0. The van der Waals surface area contributed by atoms with Gasteiger partial charge in [-0.2, -0.15) is 4.98 Å². The lowest BCUT2D eigenvalue weighted by Gasteiger charge is -2.30. The van der Waals surface area contributed by atoms with Gasteiger partial charge in [0.15, 0.2) is 0 Å². The van der Waals surface area contributed by atoms with E-state index in [2.05, 4.69) is 36.4 Å². The molecule has 8 heteroatoms. The summed E-state index contributed by atoms with van der Waals surface area (Å²) in [5.41, 5.74) is 1.46. The number of hydrogen-bond acceptors (Lipinski definition) is 5. The molecule has 0 atom stereocenters. The number of halogens is 1. The van der Waals surface area contributed by atoms with Gasteiger partial charge in [-0.05, 0) is 43.2 Å². The molecule has 138 valence electrons. The van der Waals surface area contributed by atoms with Crippen molar-refractivity contribution in [1.29, 1.82) is 0 Å². The zero-order valence-corrected chi connectivity index (χ0v) is 16.1. The van der Waals surface area contributed by atoms with E-state index in [1.165, 1.54) is 0 Å². The molecule has 0 unspecified atom stereocenters. The molecular weight excluding hydrogens is 410 g/mol. The van der Waals surface area contributed by atoms with Crippen molar-refractivity contribution in [3.63, 3.8) is 0 Å². The van der Waals surface area contributed by atoms with Crippen LogP contribution in [0.25, 0.3) is 11.5 Å². The van der Waals surface area contributed by atoms with E-state index in [1.807, 2.05) is 47.4 Å². The SMILES string of the molecule is O=C(Nc1cccc(Br)c1)N1CCC(c2nc(-c3ccccn3)no2)CC1. The van der Waals surface area contributed by atoms with Crippen LogP contribution in [0.3, 0.4) is 0 Å². The van der Waals surface area contributed by atoms with E-state index in [4.69, 9.17) is 4.52 Å². The van der Waals surface area contributed by atoms with Crippen LogP contribution < -0.4 is 5.32 Å². The number of nitrogens with zero attached hydrogens (tertiary/aromatic N) is 4. The smallest absolute Gasteiger partial charge is 0.321 e. The number of piperidine rings is 1. The molecule has 4 rings (SSSR count). The van der Waals surface area contributed by atoms with E-state index >= 15 is 0 Å². The number of rotatable bonds is 3. The Hall–Kier alpha value is -2.74. The average Bonchev–Trinajstić information content (AvgIpc) is 3.19. The van der Waals surface area contributed by atoms with Crippen molar-refractivity contribution in [1.82, 2.24) is 20.0 Å². The van der Waals surface area contributed by atoms with Crippen LogP contribution in [0.4, 0.5) is 10.5 Å². The largest absolute Gasteiger partial charge is 0.339 e. The summed E-state index contributed by atoms with van der Waals surface area (Å²) < 4.78 is 6.37. The molecule has 3 heterocycles. The van der Waals surface area contributed by atoms with Gasteiger partial charge < -0.3 is 14.7 Å². The predicted molar refractivity (Wildman–Crippen MR) is 104 cm³/mol. The van der Waals surface area contributed by atoms with Gasteiger partial charge in [0.05, 0.1) is 0 Å². The summed E-state index contributed by atoms with van der Waals surface area (Å²) in [5, 5.41) is 6.96. The second-order valence-electron chi connectivity index (χ2n) is 6.37. The predicted octanol–water partition coefficient (Wildman–Crippen LogP) is 4.31. The molecule has 2 aromatic heterocycles. The summed E-state index contributed by atoms with van der Waals surface area (Å²) in [6, 6.07) is 13.1. The maximum Gasteiger partial charge on any atom is 0.321 e. The molecule has 0 saturated carbocycles. The summed E-state index contributed by atoms with van der Waals surface area (Å²) >= 11 is 3.41. The number of pyridine rings is 1. The highest BCUT2D eigenvalue weighted by molar-refractivity contribution is 9.10. The van der Waals surface area contributed by atoms with Crippen LogP contribution in [-0.2, 0) is 0 Å². The third-order valence-corrected chi connectivity index (χ3v) is 5.04. The van der Waals surface area contributed by atoms with Gasteiger partial charge in [-0.25, -0.2) is 4.79 Å². The Kier molecular flexibility index (Phi) is 5.15. The molecule has 1 aliphatic rings. The zero-order valence-electron chi connectivity index (χ0n) is 14.5. The van der Waals surface area contributed by atoms with Gasteiger partial charge in [0.2, 0.25) is 11.7 Å². The quantitative estimate of drug-likeness (QED) is 0.672. The number of benzene rings is 1. The lowest BCUT2D eigenvalue weighted by molar-refractivity contribution is 0.187. The van der Waals surface area contributed by atoms with Crippen molar-refractivity contribution < 1.29 is 9.32 Å². The first kappa shape index (κ1) is 17.7. The van der Waals surface area contributed by atoms with Crippen LogP contribution in [0.1, 0.15) is 24.7 Å². The highest BCUT2D eigenvalue weighted by Gasteiger charge is 2.27. The van der Waals surface area contributed by atoms with Crippen LogP contribution in [0.15, 0.2) is 57.7 Å². The molecule has 2 amide bonds. The van der Waals surface area contributed by atoms with E-state index in [1.54, 1.807) is 6.20 Å². The number of nitrogens with one attached hydrogen (secondary N) is 1. The lowest BCUT2D eigenvalue weighted by Crippen LogP contribution is -2.40. The van der Waals surface area contributed by atoms with E-state index < -0.39 is 0 Å². The van der Waals surface area contributed by atoms with E-state index in [-0.39, 0.29) is 11.9 Å². The Labute approximate surface area is 164 Å². The number of hydrogen-bond donors (Lipinski definition) is 1. The number of carbonyl (C=O) groups excluding carboxylic acids is 1. The number of anilines is 1. The fourth-order valence-corrected chi connectivity index (χ4v) is 3.50. The minimum Gasteiger partial charge on any atom is -0.339 e. The maximum atomic E-state index is 12.5. The maximum absolute atomic E-state index is 12.5. The van der Waals surface area contributed by atoms with Crippen LogP contribution in [0.5, 0.6) is 0 Å². The van der Waals surface area contributed by atoms with Crippen molar-refractivity contribution in [2.24, 2.45) is 0 Å². The highest BCUT2D eigenvalue weighted by atomic mass is 79.9. The van der Waals surface area contributed by atoms with Gasteiger partial charge in [0.25, 0.3) is 0 Å². The Balaban J connectivity index is 1.35. The fraction of sp³-hybridized carbons (Fsp3) is 0.263. The Morgan fingerprint density at radius 3 is 2.78 bits per heavy atom. The number of amides is 2. The van der Waals surface area contributed by atoms with Gasteiger partial charge in [-0.3, -0.25) is 4.98 Å². The van der Waals surface area contributed by atoms with E-state index in [0.29, 0.717) is 30.5 Å². The monoisotopic (exact) mass is 427 g/mol. The van der Waals surface area contributed by atoms with Crippen LogP contribution >= 0.6 is 15.9 Å². The molecule has 0 radical (unpaired) electrons. The first-order valence-corrected chi connectivity index (χ1v) is 9.55. The van der Waals surface area contributed by atoms with Gasteiger partial charge in [-0.15, -0.1) is 0 Å². The standard InChI is InChI=1S/C19H18BrN5O2/c20-14-4-3-5-15(12-14)22-19(26)25-10-7-13(8-11-25)18-23-17(24-27-18)16-6-1-2-9-21-16/h1-6,9,12-13H,7-8,10-11H2,(H,22,26). The minimum absolute atomic E-state index is 0.0914. The molecule has 3 aromatic rings. The Morgan fingerprint density at radius 2 is 2.04 bits per heavy atom. The van der Waals surface area contributed by atoms with Gasteiger partial charge in [-0.1, -0.05) is 33.2 Å². The van der Waals surface area contributed by atoms with Crippen LogP contribution in [0, 0.1) is 0 Å². The van der Waals surface area contributed by atoms with Crippen LogP contribution in [-0.4, -0.2) is 39.1 Å². The average molecular weight is 428 g/mol. The highest BCUT2D eigenvalue weighted by Crippen LogP contribution is 2.28. The molecule has 1 saturated heterocycles. The van der Waals surface area contributed by atoms with Crippen molar-refractivity contribution in [2.75, 3.05) is 18.4 Å². The topological polar surface area (TPSA) is 84.2 Å². The summed E-state index contributed by atoms with van der Waals surface area (Å²) in [6.07, 6.45) is 3.28. The Bertz CT molecular complexity index is 923. The lowest BCUT2D eigenvalue weighted by atomic mass is 9.97. The summed E-state index contributed by atoms with van der Waals surface area (Å²) in [5.74, 6) is 1.27. The van der Waals surface area contributed by atoms with Crippen molar-refractivity contribution in [2.45, 2.75) is 18.8 Å². The van der Waals surface area contributed by atoms with Gasteiger partial charge in [0, 0.05) is 35.4 Å². The van der Waals surface area contributed by atoms with Crippen LogP contribution in [0.2, 0.25) is 0 Å². The molecule has 1 fully saturated rings. The molecule has 1 aliphatic heterocycles. The summed E-state index contributed by atoms with van der Waals surface area (Å²) in [7, 11) is 0. The third kappa shape index (κ3) is 4.16. The molecule has 0 bridgehead atoms.